The number of pyridine rings is 2. The Balaban J connectivity index is 2.06. The minimum atomic E-state index is -0.410. The highest BCUT2D eigenvalue weighted by Crippen LogP contribution is 2.11. The summed E-state index contributed by atoms with van der Waals surface area (Å²) >= 11 is 5.71. The first kappa shape index (κ1) is 14.0. The van der Waals surface area contributed by atoms with Crippen molar-refractivity contribution in [1.29, 1.82) is 0 Å². The number of carbonyl (C=O) groups is 2. The third-order valence-corrected chi connectivity index (χ3v) is 2.48. The first-order valence-corrected chi connectivity index (χ1v) is 6.10. The molecule has 2 aromatic heterocycles. The van der Waals surface area contributed by atoms with Crippen molar-refractivity contribution < 1.29 is 9.59 Å². The molecule has 0 bridgehead atoms. The number of anilines is 2. The highest BCUT2D eigenvalue weighted by molar-refractivity contribution is 6.29. The van der Waals surface area contributed by atoms with Gasteiger partial charge in [0.1, 0.15) is 16.7 Å². The van der Waals surface area contributed by atoms with Crippen LogP contribution in [0.1, 0.15) is 17.4 Å². The normalized spacial score (nSPS) is 9.90. The molecule has 2 rings (SSSR count). The summed E-state index contributed by atoms with van der Waals surface area (Å²) in [6, 6.07) is 7.98. The van der Waals surface area contributed by atoms with Crippen molar-refractivity contribution in [2.45, 2.75) is 6.92 Å². The van der Waals surface area contributed by atoms with Gasteiger partial charge < -0.3 is 10.6 Å². The lowest BCUT2D eigenvalue weighted by Crippen LogP contribution is -2.14. The molecule has 2 aromatic rings. The second kappa shape index (κ2) is 6.12. The Kier molecular flexibility index (Phi) is 4.27. The molecule has 0 aliphatic carbocycles. The van der Waals surface area contributed by atoms with E-state index in [1.165, 1.54) is 13.1 Å². The van der Waals surface area contributed by atoms with Gasteiger partial charge in [0, 0.05) is 6.92 Å². The van der Waals surface area contributed by atoms with Crippen LogP contribution in [0.2, 0.25) is 5.15 Å². The van der Waals surface area contributed by atoms with E-state index in [4.69, 9.17) is 11.6 Å². The van der Waals surface area contributed by atoms with Crippen LogP contribution in [0.4, 0.5) is 11.5 Å². The van der Waals surface area contributed by atoms with Crippen LogP contribution in [0.3, 0.4) is 0 Å². The van der Waals surface area contributed by atoms with Gasteiger partial charge in [-0.3, -0.25) is 9.59 Å². The summed E-state index contributed by atoms with van der Waals surface area (Å²) in [6.45, 7) is 1.40. The SMILES string of the molecule is CC(=O)Nc1ccc(NC(=O)c2cccc(Cl)n2)nc1. The molecule has 2 N–H and O–H groups in total. The highest BCUT2D eigenvalue weighted by Gasteiger charge is 2.08. The second-order valence-corrected chi connectivity index (χ2v) is 4.30. The number of carbonyl (C=O) groups excluding carboxylic acids is 2. The van der Waals surface area contributed by atoms with E-state index < -0.39 is 5.91 Å². The summed E-state index contributed by atoms with van der Waals surface area (Å²) in [6.07, 6.45) is 1.45. The van der Waals surface area contributed by atoms with E-state index in [0.717, 1.165) is 0 Å². The molecule has 7 heteroatoms. The predicted octanol–water partition coefficient (Wildman–Crippen LogP) is 2.34. The monoisotopic (exact) mass is 290 g/mol. The van der Waals surface area contributed by atoms with Gasteiger partial charge in [0.05, 0.1) is 11.9 Å². The van der Waals surface area contributed by atoms with E-state index in [2.05, 4.69) is 20.6 Å². The van der Waals surface area contributed by atoms with Crippen molar-refractivity contribution in [3.8, 4) is 0 Å². The summed E-state index contributed by atoms with van der Waals surface area (Å²) in [5.74, 6) is -0.245. The Hall–Kier alpha value is -2.47. The Labute approximate surface area is 120 Å². The maximum Gasteiger partial charge on any atom is 0.275 e. The van der Waals surface area contributed by atoms with Gasteiger partial charge in [0.25, 0.3) is 5.91 Å². The fraction of sp³-hybridized carbons (Fsp3) is 0.0769. The summed E-state index contributed by atoms with van der Waals surface area (Å²) in [5, 5.41) is 5.40. The predicted molar refractivity (Wildman–Crippen MR) is 75.7 cm³/mol. The van der Waals surface area contributed by atoms with Gasteiger partial charge in [-0.15, -0.1) is 0 Å². The molecule has 0 atom stereocenters. The largest absolute Gasteiger partial charge is 0.325 e. The fourth-order valence-corrected chi connectivity index (χ4v) is 1.62. The number of rotatable bonds is 3. The Morgan fingerprint density at radius 1 is 1.15 bits per heavy atom. The zero-order chi connectivity index (χ0) is 14.5. The van der Waals surface area contributed by atoms with Crippen LogP contribution in [-0.4, -0.2) is 21.8 Å². The van der Waals surface area contributed by atoms with Gasteiger partial charge in [0.15, 0.2) is 0 Å². The van der Waals surface area contributed by atoms with E-state index in [0.29, 0.717) is 11.5 Å². The van der Waals surface area contributed by atoms with E-state index in [-0.39, 0.29) is 16.8 Å². The van der Waals surface area contributed by atoms with E-state index >= 15 is 0 Å². The quantitative estimate of drug-likeness (QED) is 0.850. The fourth-order valence-electron chi connectivity index (χ4n) is 1.46. The molecule has 6 nitrogen and oxygen atoms in total. The first-order chi connectivity index (χ1) is 9.54. The minimum Gasteiger partial charge on any atom is -0.325 e. The lowest BCUT2D eigenvalue weighted by atomic mass is 10.3. The highest BCUT2D eigenvalue weighted by atomic mass is 35.5. The summed E-state index contributed by atoms with van der Waals surface area (Å²) < 4.78 is 0. The molecule has 0 spiro atoms. The zero-order valence-electron chi connectivity index (χ0n) is 10.6. The van der Waals surface area contributed by atoms with Crippen LogP contribution in [0.5, 0.6) is 0 Å². The molecule has 0 aromatic carbocycles. The standard InChI is InChI=1S/C13H11ClN4O2/c1-8(19)16-9-5-6-12(15-7-9)18-13(20)10-3-2-4-11(14)17-10/h2-7H,1H3,(H,16,19)(H,15,18,20). The van der Waals surface area contributed by atoms with Crippen molar-refractivity contribution in [1.82, 2.24) is 9.97 Å². The third kappa shape index (κ3) is 3.76. The van der Waals surface area contributed by atoms with Crippen LogP contribution < -0.4 is 10.6 Å². The summed E-state index contributed by atoms with van der Waals surface area (Å²) in [4.78, 5) is 30.7. The molecule has 0 unspecified atom stereocenters. The lowest BCUT2D eigenvalue weighted by molar-refractivity contribution is -0.114. The lowest BCUT2D eigenvalue weighted by Gasteiger charge is -2.05. The first-order valence-electron chi connectivity index (χ1n) is 5.72. The van der Waals surface area contributed by atoms with Gasteiger partial charge in [0.2, 0.25) is 5.91 Å². The van der Waals surface area contributed by atoms with Crippen LogP contribution in [0, 0.1) is 0 Å². The van der Waals surface area contributed by atoms with Gasteiger partial charge in [-0.05, 0) is 24.3 Å². The van der Waals surface area contributed by atoms with Crippen molar-refractivity contribution in [3.05, 3.63) is 47.4 Å². The molecule has 0 radical (unpaired) electrons. The average molecular weight is 291 g/mol. The maximum atomic E-state index is 11.9. The molecule has 0 aliphatic rings. The number of nitrogens with zero attached hydrogens (tertiary/aromatic N) is 2. The minimum absolute atomic E-state index is 0.188. The topological polar surface area (TPSA) is 84.0 Å². The van der Waals surface area contributed by atoms with Crippen LogP contribution in [0.25, 0.3) is 0 Å². The number of hydrogen-bond acceptors (Lipinski definition) is 4. The smallest absolute Gasteiger partial charge is 0.275 e. The molecule has 2 amide bonds. The van der Waals surface area contributed by atoms with Crippen molar-refractivity contribution in [2.24, 2.45) is 0 Å². The molecular weight excluding hydrogens is 280 g/mol. The summed E-state index contributed by atoms with van der Waals surface area (Å²) in [5.41, 5.74) is 0.751. The van der Waals surface area contributed by atoms with Gasteiger partial charge in [-0.1, -0.05) is 17.7 Å². The second-order valence-electron chi connectivity index (χ2n) is 3.91. The van der Waals surface area contributed by atoms with Crippen molar-refractivity contribution >= 4 is 34.9 Å². The maximum absolute atomic E-state index is 11.9. The van der Waals surface area contributed by atoms with E-state index in [1.807, 2.05) is 0 Å². The summed E-state index contributed by atoms with van der Waals surface area (Å²) in [7, 11) is 0. The Morgan fingerprint density at radius 3 is 2.55 bits per heavy atom. The van der Waals surface area contributed by atoms with Crippen LogP contribution in [-0.2, 0) is 4.79 Å². The van der Waals surface area contributed by atoms with E-state index in [1.54, 1.807) is 30.3 Å². The van der Waals surface area contributed by atoms with Gasteiger partial charge in [-0.25, -0.2) is 9.97 Å². The number of nitrogens with one attached hydrogen (secondary N) is 2. The zero-order valence-corrected chi connectivity index (χ0v) is 11.3. The number of halogens is 1. The van der Waals surface area contributed by atoms with Crippen molar-refractivity contribution in [3.63, 3.8) is 0 Å². The molecule has 20 heavy (non-hydrogen) atoms. The third-order valence-electron chi connectivity index (χ3n) is 2.27. The molecule has 0 saturated carbocycles. The average Bonchev–Trinajstić information content (AvgIpc) is 2.40. The molecule has 0 saturated heterocycles. The molecular formula is C13H11ClN4O2. The molecule has 0 fully saturated rings. The molecule has 102 valence electrons. The Bertz CT molecular complexity index is 643. The Morgan fingerprint density at radius 2 is 1.95 bits per heavy atom. The number of aromatic nitrogens is 2. The van der Waals surface area contributed by atoms with Crippen LogP contribution >= 0.6 is 11.6 Å². The number of hydrogen-bond donors (Lipinski definition) is 2. The van der Waals surface area contributed by atoms with E-state index in [9.17, 15) is 9.59 Å². The van der Waals surface area contributed by atoms with Gasteiger partial charge >= 0.3 is 0 Å². The molecule has 2 heterocycles. The number of amides is 2. The van der Waals surface area contributed by atoms with Crippen LogP contribution in [0.15, 0.2) is 36.5 Å². The molecule has 0 aliphatic heterocycles. The van der Waals surface area contributed by atoms with Gasteiger partial charge in [-0.2, -0.15) is 0 Å². The van der Waals surface area contributed by atoms with Crippen molar-refractivity contribution in [2.75, 3.05) is 10.6 Å².